The van der Waals surface area contributed by atoms with Crippen molar-refractivity contribution >= 4 is 32.9 Å². The number of fused-ring (bicyclic) bond motifs is 1. The summed E-state index contributed by atoms with van der Waals surface area (Å²) in [4.78, 5) is 23.0. The van der Waals surface area contributed by atoms with Crippen LogP contribution in [0.25, 0.3) is 11.0 Å². The minimum atomic E-state index is -0.730. The molecule has 0 spiro atoms. The van der Waals surface area contributed by atoms with Crippen LogP contribution in [0.15, 0.2) is 31.9 Å². The van der Waals surface area contributed by atoms with Crippen LogP contribution in [0.4, 0.5) is 0 Å². The molecule has 94 valence electrons. The lowest BCUT2D eigenvalue weighted by molar-refractivity contribution is 0.0596. The highest BCUT2D eigenvalue weighted by molar-refractivity contribution is 9.10. The highest BCUT2D eigenvalue weighted by atomic mass is 79.9. The second kappa shape index (κ2) is 4.81. The second-order valence-corrected chi connectivity index (χ2v) is 4.32. The Labute approximate surface area is 110 Å². The van der Waals surface area contributed by atoms with Gasteiger partial charge in [0.25, 0.3) is 0 Å². The molecule has 1 heterocycles. The van der Waals surface area contributed by atoms with Gasteiger partial charge in [-0.3, -0.25) is 0 Å². The molecule has 0 saturated carbocycles. The highest BCUT2D eigenvalue weighted by Gasteiger charge is 2.15. The fourth-order valence-corrected chi connectivity index (χ4v) is 2.01. The molecule has 0 aliphatic carbocycles. The van der Waals surface area contributed by atoms with Crippen LogP contribution in [0.2, 0.25) is 0 Å². The predicted octanol–water partition coefficient (Wildman–Crippen LogP) is 2.35. The summed E-state index contributed by atoms with van der Waals surface area (Å²) in [6, 6.07) is 4.69. The molecule has 0 saturated heterocycles. The summed E-state index contributed by atoms with van der Waals surface area (Å²) in [5.74, 6) is -0.153. The van der Waals surface area contributed by atoms with E-state index in [1.165, 1.54) is 20.3 Å². The van der Waals surface area contributed by atoms with Gasteiger partial charge in [-0.05, 0) is 34.1 Å². The van der Waals surface area contributed by atoms with Gasteiger partial charge in [0, 0.05) is 5.39 Å². The molecule has 0 radical (unpaired) electrons. The maximum Gasteiger partial charge on any atom is 0.351 e. The third-order valence-electron chi connectivity index (χ3n) is 2.41. The van der Waals surface area contributed by atoms with Crippen molar-refractivity contribution in [2.45, 2.75) is 0 Å². The number of benzene rings is 1. The van der Waals surface area contributed by atoms with Crippen LogP contribution in [-0.4, -0.2) is 20.2 Å². The van der Waals surface area contributed by atoms with E-state index >= 15 is 0 Å². The van der Waals surface area contributed by atoms with E-state index in [0.29, 0.717) is 21.2 Å². The normalized spacial score (nSPS) is 10.4. The zero-order valence-corrected chi connectivity index (χ0v) is 11.2. The smallest absolute Gasteiger partial charge is 0.351 e. The molecule has 5 nitrogen and oxygen atoms in total. The third kappa shape index (κ3) is 2.11. The molecule has 0 N–H and O–H groups in total. The number of ether oxygens (including phenoxy) is 2. The van der Waals surface area contributed by atoms with Gasteiger partial charge in [0.05, 0.1) is 18.7 Å². The molecule has 0 fully saturated rings. The predicted molar refractivity (Wildman–Crippen MR) is 68.1 cm³/mol. The van der Waals surface area contributed by atoms with Crippen molar-refractivity contribution in [1.29, 1.82) is 0 Å². The van der Waals surface area contributed by atoms with Gasteiger partial charge in [0.15, 0.2) is 0 Å². The number of methoxy groups -OCH3 is 2. The van der Waals surface area contributed by atoms with Gasteiger partial charge in [-0.2, -0.15) is 0 Å². The fourth-order valence-electron chi connectivity index (χ4n) is 1.53. The largest absolute Gasteiger partial charge is 0.496 e. The van der Waals surface area contributed by atoms with Gasteiger partial charge in [0.2, 0.25) is 0 Å². The molecule has 1 aromatic heterocycles. The number of rotatable bonds is 2. The van der Waals surface area contributed by atoms with Crippen molar-refractivity contribution in [2.24, 2.45) is 0 Å². The zero-order chi connectivity index (χ0) is 13.3. The van der Waals surface area contributed by atoms with E-state index in [1.54, 1.807) is 12.1 Å². The van der Waals surface area contributed by atoms with Crippen molar-refractivity contribution in [1.82, 2.24) is 0 Å². The number of halogens is 1. The van der Waals surface area contributed by atoms with Crippen LogP contribution < -0.4 is 10.4 Å². The third-order valence-corrected chi connectivity index (χ3v) is 3.03. The molecule has 0 aliphatic rings. The molecule has 0 aliphatic heterocycles. The number of esters is 1. The number of carbonyl (C=O) groups excluding carboxylic acids is 1. The van der Waals surface area contributed by atoms with Crippen LogP contribution >= 0.6 is 15.9 Å². The molecule has 0 atom stereocenters. The lowest BCUT2D eigenvalue weighted by Crippen LogP contribution is -2.14. The summed E-state index contributed by atoms with van der Waals surface area (Å²) < 4.78 is 15.3. The topological polar surface area (TPSA) is 65.7 Å². The monoisotopic (exact) mass is 312 g/mol. The Morgan fingerprint density at radius 3 is 2.61 bits per heavy atom. The Morgan fingerprint density at radius 2 is 2.00 bits per heavy atom. The summed E-state index contributed by atoms with van der Waals surface area (Å²) in [5.41, 5.74) is -0.513. The van der Waals surface area contributed by atoms with Gasteiger partial charge >= 0.3 is 11.6 Å². The van der Waals surface area contributed by atoms with Crippen molar-refractivity contribution in [3.05, 3.63) is 38.7 Å². The van der Waals surface area contributed by atoms with Crippen LogP contribution in [0.5, 0.6) is 5.75 Å². The Kier molecular flexibility index (Phi) is 3.38. The van der Waals surface area contributed by atoms with Gasteiger partial charge in [-0.1, -0.05) is 0 Å². The lowest BCUT2D eigenvalue weighted by atomic mass is 10.2. The van der Waals surface area contributed by atoms with Crippen molar-refractivity contribution in [2.75, 3.05) is 14.2 Å². The van der Waals surface area contributed by atoms with Crippen molar-refractivity contribution < 1.29 is 18.7 Å². The second-order valence-electron chi connectivity index (χ2n) is 3.46. The zero-order valence-electron chi connectivity index (χ0n) is 9.65. The summed E-state index contributed by atoms with van der Waals surface area (Å²) in [6.45, 7) is 0. The first-order valence-corrected chi connectivity index (χ1v) is 5.76. The van der Waals surface area contributed by atoms with Crippen LogP contribution in [0, 0.1) is 0 Å². The number of carbonyl (C=O) groups is 1. The first-order valence-electron chi connectivity index (χ1n) is 4.96. The van der Waals surface area contributed by atoms with Gasteiger partial charge in [-0.25, -0.2) is 9.59 Å². The van der Waals surface area contributed by atoms with Gasteiger partial charge in [0.1, 0.15) is 16.9 Å². The molecule has 2 rings (SSSR count). The standard InChI is InChI=1S/C12H9BrO5/c1-16-10-4-6-3-7(11(14)17-2)12(15)18-9(6)5-8(10)13/h3-5H,1-2H3. The summed E-state index contributed by atoms with van der Waals surface area (Å²) in [7, 11) is 2.72. The molecule has 2 aromatic rings. The number of hydrogen-bond acceptors (Lipinski definition) is 5. The molecule has 0 bridgehead atoms. The van der Waals surface area contributed by atoms with E-state index in [0.717, 1.165) is 0 Å². The molecular formula is C12H9BrO5. The average molecular weight is 313 g/mol. The van der Waals surface area contributed by atoms with E-state index in [2.05, 4.69) is 20.7 Å². The molecular weight excluding hydrogens is 304 g/mol. The average Bonchev–Trinajstić information content (AvgIpc) is 2.36. The number of hydrogen-bond donors (Lipinski definition) is 0. The van der Waals surface area contributed by atoms with Gasteiger partial charge < -0.3 is 13.9 Å². The van der Waals surface area contributed by atoms with E-state index in [9.17, 15) is 9.59 Å². The Hall–Kier alpha value is -1.82. The first-order chi connectivity index (χ1) is 8.56. The van der Waals surface area contributed by atoms with E-state index < -0.39 is 11.6 Å². The Morgan fingerprint density at radius 1 is 1.28 bits per heavy atom. The van der Waals surface area contributed by atoms with Gasteiger partial charge in [-0.15, -0.1) is 0 Å². The highest BCUT2D eigenvalue weighted by Crippen LogP contribution is 2.29. The molecule has 18 heavy (non-hydrogen) atoms. The molecule has 6 heteroatoms. The molecule has 0 amide bonds. The van der Waals surface area contributed by atoms with Crippen LogP contribution in [-0.2, 0) is 4.74 Å². The van der Waals surface area contributed by atoms with E-state index in [1.807, 2.05) is 0 Å². The quantitative estimate of drug-likeness (QED) is 0.629. The maximum atomic E-state index is 11.6. The summed E-state index contributed by atoms with van der Waals surface area (Å²) in [6.07, 6.45) is 0. The minimum Gasteiger partial charge on any atom is -0.496 e. The molecule has 0 unspecified atom stereocenters. The van der Waals surface area contributed by atoms with Crippen molar-refractivity contribution in [3.63, 3.8) is 0 Å². The van der Waals surface area contributed by atoms with Crippen LogP contribution in [0.1, 0.15) is 10.4 Å². The maximum absolute atomic E-state index is 11.6. The molecule has 1 aromatic carbocycles. The summed E-state index contributed by atoms with van der Waals surface area (Å²) >= 11 is 3.28. The van der Waals surface area contributed by atoms with E-state index in [-0.39, 0.29) is 5.56 Å². The fraction of sp³-hybridized carbons (Fsp3) is 0.167. The lowest BCUT2D eigenvalue weighted by Gasteiger charge is -2.05. The first kappa shape index (κ1) is 12.6. The van der Waals surface area contributed by atoms with E-state index in [4.69, 9.17) is 9.15 Å². The van der Waals surface area contributed by atoms with Crippen LogP contribution in [0.3, 0.4) is 0 Å². The Bertz CT molecular complexity index is 674. The Balaban J connectivity index is 2.73. The SMILES string of the molecule is COC(=O)c1cc2cc(OC)c(Br)cc2oc1=O. The minimum absolute atomic E-state index is 0.144. The summed E-state index contributed by atoms with van der Waals surface area (Å²) in [5, 5.41) is 0.579. The van der Waals surface area contributed by atoms with Crippen molar-refractivity contribution in [3.8, 4) is 5.75 Å².